The second-order valence-electron chi connectivity index (χ2n) is 10.6. The third-order valence-corrected chi connectivity index (χ3v) is 6.51. The summed E-state index contributed by atoms with van der Waals surface area (Å²) < 4.78 is 11.3. The smallest absolute Gasteiger partial charge is 0.339 e. The monoisotopic (exact) mass is 516 g/mol. The van der Waals surface area contributed by atoms with Crippen LogP contribution in [0.25, 0.3) is 5.57 Å². The zero-order valence-electron chi connectivity index (χ0n) is 23.0. The van der Waals surface area contributed by atoms with Gasteiger partial charge in [-0.05, 0) is 95.9 Å². The number of rotatable bonds is 8. The van der Waals surface area contributed by atoms with Crippen LogP contribution in [-0.4, -0.2) is 35.6 Å². The first kappa shape index (κ1) is 29.8. The van der Waals surface area contributed by atoms with E-state index in [1.165, 1.54) is 7.11 Å². The van der Waals surface area contributed by atoms with Crippen molar-refractivity contribution in [3.05, 3.63) is 57.9 Å². The van der Waals surface area contributed by atoms with Crippen molar-refractivity contribution in [1.82, 2.24) is 10.3 Å². The van der Waals surface area contributed by atoms with Crippen LogP contribution >= 0.6 is 11.6 Å². The number of hydrogen-bond acceptors (Lipinski definition) is 5. The second kappa shape index (κ2) is 12.7. The molecule has 1 aliphatic rings. The van der Waals surface area contributed by atoms with Crippen molar-refractivity contribution < 1.29 is 19.1 Å². The number of amides is 1. The number of methoxy groups -OCH3 is 1. The number of halogens is 1. The number of pyridine rings is 1. The van der Waals surface area contributed by atoms with Gasteiger partial charge in [0.15, 0.2) is 6.10 Å². The van der Waals surface area contributed by atoms with Gasteiger partial charge >= 0.3 is 5.97 Å². The number of carbonyl (C=O) groups is 2. The number of aromatic nitrogens is 1. The molecule has 0 spiro atoms. The molecule has 0 saturated heterocycles. The number of hydrogen-bond donors (Lipinski definition) is 1. The lowest BCUT2D eigenvalue weighted by atomic mass is 9.87. The second-order valence-corrected chi connectivity index (χ2v) is 11.2. The van der Waals surface area contributed by atoms with Crippen LogP contribution in [0.1, 0.15) is 99.3 Å². The van der Waals surface area contributed by atoms with Crippen LogP contribution in [0.3, 0.4) is 0 Å². The number of allylic oxidation sites excluding steroid dienone is 5. The summed E-state index contributed by atoms with van der Waals surface area (Å²) in [5, 5.41) is 3.76. The Kier molecular flexibility index (Phi) is 10.5. The zero-order chi connectivity index (χ0) is 27.2. The standard InChI is InChI=1S/C29H41ClN2O4/c1-10-21(14-13-18(3)30)23-19(4)25(27(33)32-22-15-11-17(2)12-16-22)31-20(5)24(23)26(28(34)35-9)36-29(6,7)8/h10,13-14,17,22,26H,1,11-12,15-16H2,2-9H3,(H,32,33). The number of aryl methyl sites for hydroxylation is 1. The van der Waals surface area contributed by atoms with Gasteiger partial charge in [-0.2, -0.15) is 0 Å². The number of nitrogens with zero attached hydrogens (tertiary/aromatic N) is 1. The van der Waals surface area contributed by atoms with Crippen LogP contribution in [-0.2, 0) is 14.3 Å². The predicted octanol–water partition coefficient (Wildman–Crippen LogP) is 6.75. The van der Waals surface area contributed by atoms with E-state index in [-0.39, 0.29) is 11.9 Å². The lowest BCUT2D eigenvalue weighted by molar-refractivity contribution is -0.164. The Morgan fingerprint density at radius 2 is 1.78 bits per heavy atom. The molecule has 1 unspecified atom stereocenters. The minimum atomic E-state index is -1.04. The highest BCUT2D eigenvalue weighted by Crippen LogP contribution is 2.37. The number of esters is 1. The molecule has 0 radical (unpaired) electrons. The minimum absolute atomic E-state index is 0.127. The highest BCUT2D eigenvalue weighted by molar-refractivity contribution is 6.29. The Morgan fingerprint density at radius 1 is 1.17 bits per heavy atom. The summed E-state index contributed by atoms with van der Waals surface area (Å²) >= 11 is 6.11. The fourth-order valence-electron chi connectivity index (χ4n) is 4.53. The largest absolute Gasteiger partial charge is 0.467 e. The number of carbonyl (C=O) groups excluding carboxylic acids is 2. The summed E-state index contributed by atoms with van der Waals surface area (Å²) in [6.07, 6.45) is 8.30. The van der Waals surface area contributed by atoms with Gasteiger partial charge in [-0.25, -0.2) is 9.78 Å². The van der Waals surface area contributed by atoms with Gasteiger partial charge in [0.05, 0.1) is 12.7 Å². The molecule has 198 valence electrons. The first-order chi connectivity index (χ1) is 16.8. The Labute approximate surface area is 221 Å². The highest BCUT2D eigenvalue weighted by atomic mass is 35.5. The molecular weight excluding hydrogens is 476 g/mol. The van der Waals surface area contributed by atoms with Gasteiger partial charge in [0, 0.05) is 22.3 Å². The van der Waals surface area contributed by atoms with Crippen LogP contribution in [0.2, 0.25) is 0 Å². The Morgan fingerprint density at radius 3 is 2.28 bits per heavy atom. The molecule has 2 rings (SSSR count). The highest BCUT2D eigenvalue weighted by Gasteiger charge is 2.34. The first-order valence-electron chi connectivity index (χ1n) is 12.5. The maximum absolute atomic E-state index is 13.4. The SMILES string of the molecule is C=CC(=CC=C(C)Cl)c1c(C)c(C(=O)NC2CCC(C)CC2)nc(C)c1C(OC(C)(C)C)C(=O)OC. The molecule has 1 atom stereocenters. The summed E-state index contributed by atoms with van der Waals surface area (Å²) in [7, 11) is 1.33. The Bertz CT molecular complexity index is 1040. The van der Waals surface area contributed by atoms with E-state index >= 15 is 0 Å². The van der Waals surface area contributed by atoms with Gasteiger partial charge < -0.3 is 14.8 Å². The zero-order valence-corrected chi connectivity index (χ0v) is 23.7. The van der Waals surface area contributed by atoms with E-state index < -0.39 is 17.7 Å². The van der Waals surface area contributed by atoms with Gasteiger partial charge in [-0.3, -0.25) is 4.79 Å². The number of nitrogens with one attached hydrogen (secondary N) is 1. The predicted molar refractivity (Wildman–Crippen MR) is 146 cm³/mol. The Hall–Kier alpha value is -2.44. The van der Waals surface area contributed by atoms with E-state index in [4.69, 9.17) is 26.1 Å². The van der Waals surface area contributed by atoms with Crippen molar-refractivity contribution in [1.29, 1.82) is 0 Å². The molecule has 1 heterocycles. The molecule has 1 aromatic heterocycles. The fourth-order valence-corrected chi connectivity index (χ4v) is 4.59. The van der Waals surface area contributed by atoms with Crippen LogP contribution in [0.15, 0.2) is 29.8 Å². The van der Waals surface area contributed by atoms with Crippen molar-refractivity contribution in [2.75, 3.05) is 7.11 Å². The van der Waals surface area contributed by atoms with Crippen LogP contribution in [0, 0.1) is 19.8 Å². The minimum Gasteiger partial charge on any atom is -0.467 e. The third-order valence-electron chi connectivity index (χ3n) is 6.38. The molecule has 6 nitrogen and oxygen atoms in total. The quantitative estimate of drug-likeness (QED) is 0.305. The average molecular weight is 517 g/mol. The van der Waals surface area contributed by atoms with Crippen molar-refractivity contribution >= 4 is 29.1 Å². The lowest BCUT2D eigenvalue weighted by Gasteiger charge is -2.30. The van der Waals surface area contributed by atoms with Crippen LogP contribution < -0.4 is 5.32 Å². The summed E-state index contributed by atoms with van der Waals surface area (Å²) in [5.41, 5.74) is 2.73. The van der Waals surface area contributed by atoms with E-state index in [2.05, 4.69) is 18.8 Å². The summed E-state index contributed by atoms with van der Waals surface area (Å²) in [6.45, 7) is 17.2. The summed E-state index contributed by atoms with van der Waals surface area (Å²) in [4.78, 5) is 31.1. The molecule has 1 aliphatic carbocycles. The molecule has 0 aromatic carbocycles. The molecule has 7 heteroatoms. The maximum Gasteiger partial charge on any atom is 0.339 e. The van der Waals surface area contributed by atoms with Crippen LogP contribution in [0.5, 0.6) is 0 Å². The summed E-state index contributed by atoms with van der Waals surface area (Å²) in [6, 6.07) is 0.127. The maximum atomic E-state index is 13.4. The average Bonchev–Trinajstić information content (AvgIpc) is 2.80. The lowest BCUT2D eigenvalue weighted by Crippen LogP contribution is -2.38. The van der Waals surface area contributed by atoms with E-state index in [1.54, 1.807) is 26.0 Å². The van der Waals surface area contributed by atoms with Gasteiger partial charge in [0.1, 0.15) is 5.69 Å². The van der Waals surface area contributed by atoms with Crippen molar-refractivity contribution in [2.45, 2.75) is 91.9 Å². The van der Waals surface area contributed by atoms with E-state index in [0.717, 1.165) is 25.7 Å². The van der Waals surface area contributed by atoms with Crippen molar-refractivity contribution in [3.8, 4) is 0 Å². The number of ether oxygens (including phenoxy) is 2. The van der Waals surface area contributed by atoms with E-state index in [9.17, 15) is 9.59 Å². The molecule has 0 aliphatic heterocycles. The first-order valence-corrected chi connectivity index (χ1v) is 12.9. The molecule has 1 amide bonds. The molecule has 1 N–H and O–H groups in total. The fraction of sp³-hybridized carbons (Fsp3) is 0.552. The third kappa shape index (κ3) is 7.78. The molecule has 36 heavy (non-hydrogen) atoms. The van der Waals surface area contributed by atoms with Gasteiger partial charge in [-0.1, -0.05) is 37.3 Å². The van der Waals surface area contributed by atoms with E-state index in [0.29, 0.717) is 44.6 Å². The Balaban J connectivity index is 2.73. The summed E-state index contributed by atoms with van der Waals surface area (Å²) in [5.74, 6) is -0.0822. The molecule has 1 saturated carbocycles. The van der Waals surface area contributed by atoms with Gasteiger partial charge in [-0.15, -0.1) is 0 Å². The molecule has 0 bridgehead atoms. The van der Waals surface area contributed by atoms with Crippen molar-refractivity contribution in [3.63, 3.8) is 0 Å². The normalized spacial score (nSPS) is 20.0. The van der Waals surface area contributed by atoms with Crippen LogP contribution in [0.4, 0.5) is 0 Å². The molecule has 1 aromatic rings. The topological polar surface area (TPSA) is 77.5 Å². The van der Waals surface area contributed by atoms with E-state index in [1.807, 2.05) is 33.8 Å². The molecular formula is C29H41ClN2O4. The molecule has 1 fully saturated rings. The van der Waals surface area contributed by atoms with Gasteiger partial charge in [0.2, 0.25) is 0 Å². The van der Waals surface area contributed by atoms with Crippen molar-refractivity contribution in [2.24, 2.45) is 5.92 Å². The van der Waals surface area contributed by atoms with Gasteiger partial charge in [0.25, 0.3) is 5.91 Å².